The molecule has 2 N–H and O–H groups in total. The molecule has 0 atom stereocenters. The maximum atomic E-state index is 10.8. The first-order chi connectivity index (χ1) is 9.65. The Hall–Kier alpha value is -2.20. The van der Waals surface area contributed by atoms with Crippen LogP contribution in [0.1, 0.15) is 10.4 Å². The minimum absolute atomic E-state index is 0.216. The van der Waals surface area contributed by atoms with E-state index in [0.29, 0.717) is 23.9 Å². The van der Waals surface area contributed by atoms with Crippen molar-refractivity contribution in [2.45, 2.75) is 0 Å². The molecule has 2 rings (SSSR count). The Bertz CT molecular complexity index is 584. The van der Waals surface area contributed by atoms with Crippen LogP contribution in [0.5, 0.6) is 5.75 Å². The molecule has 0 saturated carbocycles. The molecule has 0 bridgehead atoms. The molecule has 0 heterocycles. The van der Waals surface area contributed by atoms with Gasteiger partial charge in [0.05, 0.1) is 5.56 Å². The fraction of sp³-hybridized carbons (Fsp3) is 0.133. The lowest BCUT2D eigenvalue weighted by Gasteiger charge is -2.09. The molecule has 5 heteroatoms. The van der Waals surface area contributed by atoms with Crippen LogP contribution in [0.25, 0.3) is 0 Å². The Morgan fingerprint density at radius 2 is 1.95 bits per heavy atom. The Morgan fingerprint density at radius 1 is 1.20 bits per heavy atom. The van der Waals surface area contributed by atoms with E-state index in [0.717, 1.165) is 5.69 Å². The molecule has 0 aromatic heterocycles. The van der Waals surface area contributed by atoms with Crippen molar-refractivity contribution in [3.63, 3.8) is 0 Å². The van der Waals surface area contributed by atoms with Crippen LogP contribution in [-0.2, 0) is 0 Å². The minimum Gasteiger partial charge on any atom is -0.492 e. The van der Waals surface area contributed by atoms with Crippen molar-refractivity contribution in [1.29, 1.82) is 0 Å². The molecule has 0 aliphatic heterocycles. The number of nitrogens with one attached hydrogen (secondary N) is 1. The van der Waals surface area contributed by atoms with Gasteiger partial charge in [-0.05, 0) is 42.5 Å². The third kappa shape index (κ3) is 4.17. The van der Waals surface area contributed by atoms with E-state index in [9.17, 15) is 4.79 Å². The summed E-state index contributed by atoms with van der Waals surface area (Å²) in [6, 6.07) is 13.8. The molecule has 0 aliphatic rings. The number of hydrogen-bond donors (Lipinski definition) is 2. The highest BCUT2D eigenvalue weighted by atomic mass is 35.5. The number of aromatic carboxylic acids is 1. The van der Waals surface area contributed by atoms with Crippen molar-refractivity contribution in [2.75, 3.05) is 18.5 Å². The molecular weight excluding hydrogens is 278 g/mol. The van der Waals surface area contributed by atoms with Gasteiger partial charge in [0.15, 0.2) is 0 Å². The SMILES string of the molecule is O=C(O)c1cccc(OCCNc2ccc(Cl)cc2)c1. The van der Waals surface area contributed by atoms with Gasteiger partial charge < -0.3 is 15.2 Å². The first-order valence-electron chi connectivity index (χ1n) is 6.11. The number of benzene rings is 2. The van der Waals surface area contributed by atoms with Gasteiger partial charge in [-0.25, -0.2) is 4.79 Å². The second-order valence-electron chi connectivity index (χ2n) is 4.12. The maximum Gasteiger partial charge on any atom is 0.335 e. The fourth-order valence-electron chi connectivity index (χ4n) is 1.65. The van der Waals surface area contributed by atoms with Gasteiger partial charge in [0.25, 0.3) is 0 Å². The average molecular weight is 292 g/mol. The molecule has 0 radical (unpaired) electrons. The highest BCUT2D eigenvalue weighted by molar-refractivity contribution is 6.30. The number of ether oxygens (including phenoxy) is 1. The topological polar surface area (TPSA) is 58.6 Å². The molecule has 0 fully saturated rings. The molecule has 4 nitrogen and oxygen atoms in total. The lowest BCUT2D eigenvalue weighted by molar-refractivity contribution is 0.0696. The predicted molar refractivity (Wildman–Crippen MR) is 78.8 cm³/mol. The summed E-state index contributed by atoms with van der Waals surface area (Å²) in [7, 11) is 0. The van der Waals surface area contributed by atoms with E-state index in [1.807, 2.05) is 12.1 Å². The van der Waals surface area contributed by atoms with Gasteiger partial charge in [0, 0.05) is 17.3 Å². The lowest BCUT2D eigenvalue weighted by Crippen LogP contribution is -2.11. The first kappa shape index (κ1) is 14.2. The summed E-state index contributed by atoms with van der Waals surface area (Å²) in [5, 5.41) is 12.7. The van der Waals surface area contributed by atoms with Crippen molar-refractivity contribution in [2.24, 2.45) is 0 Å². The molecule has 2 aromatic carbocycles. The lowest BCUT2D eigenvalue weighted by atomic mass is 10.2. The van der Waals surface area contributed by atoms with E-state index in [4.69, 9.17) is 21.4 Å². The third-order valence-electron chi connectivity index (χ3n) is 2.63. The van der Waals surface area contributed by atoms with Crippen molar-refractivity contribution in [3.8, 4) is 5.75 Å². The van der Waals surface area contributed by atoms with Crippen LogP contribution in [0, 0.1) is 0 Å². The summed E-state index contributed by atoms with van der Waals surface area (Å²) in [5.74, 6) is -0.419. The summed E-state index contributed by atoms with van der Waals surface area (Å²) in [6.45, 7) is 1.05. The van der Waals surface area contributed by atoms with Crippen LogP contribution in [0.4, 0.5) is 5.69 Å². The molecule has 2 aromatic rings. The number of hydrogen-bond acceptors (Lipinski definition) is 3. The summed E-state index contributed by atoms with van der Waals surface area (Å²) in [6.07, 6.45) is 0. The Balaban J connectivity index is 1.79. The van der Waals surface area contributed by atoms with E-state index < -0.39 is 5.97 Å². The molecule has 104 valence electrons. The van der Waals surface area contributed by atoms with Crippen LogP contribution >= 0.6 is 11.6 Å². The van der Waals surface area contributed by atoms with E-state index in [-0.39, 0.29) is 5.56 Å². The van der Waals surface area contributed by atoms with E-state index in [1.54, 1.807) is 24.3 Å². The van der Waals surface area contributed by atoms with E-state index >= 15 is 0 Å². The van der Waals surface area contributed by atoms with Crippen LogP contribution in [0.3, 0.4) is 0 Å². The molecule has 20 heavy (non-hydrogen) atoms. The van der Waals surface area contributed by atoms with Gasteiger partial charge >= 0.3 is 5.97 Å². The van der Waals surface area contributed by atoms with Crippen molar-refractivity contribution in [3.05, 3.63) is 59.1 Å². The Morgan fingerprint density at radius 3 is 2.65 bits per heavy atom. The third-order valence-corrected chi connectivity index (χ3v) is 2.88. The average Bonchev–Trinajstić information content (AvgIpc) is 2.46. The quantitative estimate of drug-likeness (QED) is 0.799. The molecule has 0 spiro atoms. The van der Waals surface area contributed by atoms with Crippen LogP contribution in [0.2, 0.25) is 5.02 Å². The van der Waals surface area contributed by atoms with Crippen LogP contribution < -0.4 is 10.1 Å². The van der Waals surface area contributed by atoms with Crippen molar-refractivity contribution >= 4 is 23.3 Å². The second-order valence-corrected chi connectivity index (χ2v) is 4.55. The summed E-state index contributed by atoms with van der Waals surface area (Å²) < 4.78 is 5.49. The highest BCUT2D eigenvalue weighted by Crippen LogP contribution is 2.14. The minimum atomic E-state index is -0.963. The van der Waals surface area contributed by atoms with E-state index in [1.165, 1.54) is 12.1 Å². The first-order valence-corrected chi connectivity index (χ1v) is 6.48. The molecular formula is C15H14ClNO3. The number of rotatable bonds is 6. The zero-order chi connectivity index (χ0) is 14.4. The standard InChI is InChI=1S/C15H14ClNO3/c16-12-4-6-13(7-5-12)17-8-9-20-14-3-1-2-11(10-14)15(18)19/h1-7,10,17H,8-9H2,(H,18,19). The van der Waals surface area contributed by atoms with Crippen molar-refractivity contribution < 1.29 is 14.6 Å². The number of anilines is 1. The second kappa shape index (κ2) is 6.82. The zero-order valence-corrected chi connectivity index (χ0v) is 11.4. The number of carboxylic acids is 1. The van der Waals surface area contributed by atoms with Crippen LogP contribution in [0.15, 0.2) is 48.5 Å². The zero-order valence-electron chi connectivity index (χ0n) is 10.7. The molecule has 0 amide bonds. The summed E-state index contributed by atoms with van der Waals surface area (Å²) in [5.41, 5.74) is 1.17. The molecule has 0 unspecified atom stereocenters. The monoisotopic (exact) mass is 291 g/mol. The largest absolute Gasteiger partial charge is 0.492 e. The van der Waals surface area contributed by atoms with Crippen molar-refractivity contribution in [1.82, 2.24) is 0 Å². The van der Waals surface area contributed by atoms with Gasteiger partial charge in [-0.2, -0.15) is 0 Å². The smallest absolute Gasteiger partial charge is 0.335 e. The summed E-state index contributed by atoms with van der Waals surface area (Å²) >= 11 is 5.79. The summed E-state index contributed by atoms with van der Waals surface area (Å²) in [4.78, 5) is 10.8. The molecule has 0 saturated heterocycles. The fourth-order valence-corrected chi connectivity index (χ4v) is 1.78. The Labute approximate surface area is 122 Å². The maximum absolute atomic E-state index is 10.8. The number of halogens is 1. The van der Waals surface area contributed by atoms with Gasteiger partial charge in [0.2, 0.25) is 0 Å². The van der Waals surface area contributed by atoms with E-state index in [2.05, 4.69) is 5.32 Å². The normalized spacial score (nSPS) is 10.1. The Kier molecular flexibility index (Phi) is 4.85. The van der Waals surface area contributed by atoms with Gasteiger partial charge in [0.1, 0.15) is 12.4 Å². The molecule has 0 aliphatic carbocycles. The van der Waals surface area contributed by atoms with Gasteiger partial charge in [-0.15, -0.1) is 0 Å². The van der Waals surface area contributed by atoms with Gasteiger partial charge in [-0.1, -0.05) is 17.7 Å². The number of carboxylic acid groups (broad SMARTS) is 1. The van der Waals surface area contributed by atoms with Crippen LogP contribution in [-0.4, -0.2) is 24.2 Å². The van der Waals surface area contributed by atoms with Gasteiger partial charge in [-0.3, -0.25) is 0 Å². The number of carbonyl (C=O) groups is 1. The predicted octanol–water partition coefficient (Wildman–Crippen LogP) is 3.53. The highest BCUT2D eigenvalue weighted by Gasteiger charge is 2.03.